The van der Waals surface area contributed by atoms with Crippen LogP contribution in [0.5, 0.6) is 0 Å². The fourth-order valence-corrected chi connectivity index (χ4v) is 3.14. The molecule has 0 radical (unpaired) electrons. The minimum Gasteiger partial charge on any atom is -0.331 e. The number of hydrogen-bond acceptors (Lipinski definition) is 2. The van der Waals surface area contributed by atoms with Crippen LogP contribution in [0.3, 0.4) is 0 Å². The third-order valence-electron chi connectivity index (χ3n) is 4.17. The lowest BCUT2D eigenvalue weighted by Gasteiger charge is -2.14. The van der Waals surface area contributed by atoms with Gasteiger partial charge in [0, 0.05) is 30.1 Å². The molecule has 0 saturated carbocycles. The second kappa shape index (κ2) is 4.99. The van der Waals surface area contributed by atoms with Gasteiger partial charge in [0.15, 0.2) is 0 Å². The lowest BCUT2D eigenvalue weighted by molar-refractivity contribution is 0.328. The van der Waals surface area contributed by atoms with Crippen molar-refractivity contribution in [3.8, 4) is 12.3 Å². The highest BCUT2D eigenvalue weighted by Gasteiger charge is 2.29. The average molecular weight is 294 g/mol. The number of nitrogens with zero attached hydrogens (tertiary/aromatic N) is 4. The Morgan fingerprint density at radius 1 is 1.41 bits per heavy atom. The summed E-state index contributed by atoms with van der Waals surface area (Å²) in [7, 11) is 0. The normalized spacial score (nSPS) is 18.3. The Kier molecular flexibility index (Phi) is 2.97. The Morgan fingerprint density at radius 2 is 2.27 bits per heavy atom. The lowest BCUT2D eigenvalue weighted by atomic mass is 10.1. The van der Waals surface area contributed by atoms with Gasteiger partial charge in [-0.2, -0.15) is 5.10 Å². The van der Waals surface area contributed by atoms with E-state index in [1.54, 1.807) is 6.33 Å². The molecule has 0 spiro atoms. The SMILES string of the molecule is C#CCC(c1ncn2c1CC(F)C2)n1cc2ccccc2n1. The van der Waals surface area contributed by atoms with Gasteiger partial charge in [-0.1, -0.05) is 18.2 Å². The second-order valence-electron chi connectivity index (χ2n) is 5.62. The quantitative estimate of drug-likeness (QED) is 0.696. The van der Waals surface area contributed by atoms with E-state index in [4.69, 9.17) is 6.42 Å². The Morgan fingerprint density at radius 3 is 3.09 bits per heavy atom. The first-order chi connectivity index (χ1) is 10.8. The van der Waals surface area contributed by atoms with E-state index in [-0.39, 0.29) is 6.04 Å². The standard InChI is InChI=1S/C17H15FN4/c1-2-5-15(17-16-8-13(18)10-21(16)11-19-17)22-9-12-6-3-4-7-14(12)20-22/h1,3-4,6-7,9,11,13,15H,5,8,10H2. The van der Waals surface area contributed by atoms with Crippen molar-refractivity contribution < 1.29 is 4.39 Å². The van der Waals surface area contributed by atoms with Gasteiger partial charge in [0.25, 0.3) is 0 Å². The maximum Gasteiger partial charge on any atom is 0.123 e. The third kappa shape index (κ3) is 2.00. The van der Waals surface area contributed by atoms with Crippen LogP contribution in [0.25, 0.3) is 10.9 Å². The highest BCUT2D eigenvalue weighted by atomic mass is 19.1. The molecular formula is C17H15FN4. The molecule has 2 atom stereocenters. The number of benzene rings is 1. The van der Waals surface area contributed by atoms with Crippen molar-refractivity contribution in [2.75, 3.05) is 0 Å². The first-order valence-electron chi connectivity index (χ1n) is 7.31. The van der Waals surface area contributed by atoms with Gasteiger partial charge in [-0.3, -0.25) is 4.68 Å². The zero-order chi connectivity index (χ0) is 15.1. The van der Waals surface area contributed by atoms with E-state index in [0.29, 0.717) is 19.4 Å². The fourth-order valence-electron chi connectivity index (χ4n) is 3.14. The zero-order valence-corrected chi connectivity index (χ0v) is 12.0. The van der Waals surface area contributed by atoms with Crippen LogP contribution in [-0.2, 0) is 13.0 Å². The van der Waals surface area contributed by atoms with Crippen molar-refractivity contribution in [2.45, 2.75) is 31.6 Å². The molecule has 0 saturated heterocycles. The molecule has 0 bridgehead atoms. The van der Waals surface area contributed by atoms with E-state index >= 15 is 0 Å². The van der Waals surface area contributed by atoms with Gasteiger partial charge in [0.05, 0.1) is 24.1 Å². The Bertz CT molecular complexity index is 837. The minimum atomic E-state index is -0.833. The van der Waals surface area contributed by atoms with Crippen LogP contribution in [0.15, 0.2) is 36.8 Å². The Hall–Kier alpha value is -2.61. The maximum atomic E-state index is 13.6. The van der Waals surface area contributed by atoms with Gasteiger partial charge < -0.3 is 4.57 Å². The summed E-state index contributed by atoms with van der Waals surface area (Å²) in [6, 6.07) is 7.76. The fraction of sp³-hybridized carbons (Fsp3) is 0.294. The molecule has 1 aromatic carbocycles. The summed E-state index contributed by atoms with van der Waals surface area (Å²) in [6.07, 6.45) is 9.27. The van der Waals surface area contributed by atoms with Crippen molar-refractivity contribution in [2.24, 2.45) is 0 Å². The first kappa shape index (κ1) is 13.1. The number of fused-ring (bicyclic) bond motifs is 2. The number of halogens is 1. The van der Waals surface area contributed by atoms with Crippen molar-refractivity contribution >= 4 is 10.9 Å². The van der Waals surface area contributed by atoms with Gasteiger partial charge in [0.1, 0.15) is 12.2 Å². The number of hydrogen-bond donors (Lipinski definition) is 0. The molecule has 4 rings (SSSR count). The van der Waals surface area contributed by atoms with E-state index in [1.165, 1.54) is 0 Å². The average Bonchev–Trinajstić information content (AvgIpc) is 3.17. The first-order valence-corrected chi connectivity index (χ1v) is 7.31. The number of rotatable bonds is 3. The maximum absolute atomic E-state index is 13.6. The van der Waals surface area contributed by atoms with E-state index in [2.05, 4.69) is 16.0 Å². The molecule has 0 fully saturated rings. The van der Waals surface area contributed by atoms with Crippen molar-refractivity contribution in [3.05, 3.63) is 48.2 Å². The molecule has 3 heterocycles. The highest BCUT2D eigenvalue weighted by Crippen LogP contribution is 2.29. The summed E-state index contributed by atoms with van der Waals surface area (Å²) in [4.78, 5) is 4.48. The largest absolute Gasteiger partial charge is 0.331 e. The molecule has 1 aliphatic heterocycles. The van der Waals surface area contributed by atoms with Crippen LogP contribution in [0.4, 0.5) is 4.39 Å². The summed E-state index contributed by atoms with van der Waals surface area (Å²) in [5.41, 5.74) is 2.70. The molecule has 0 aliphatic carbocycles. The molecule has 5 heteroatoms. The number of imidazole rings is 1. The van der Waals surface area contributed by atoms with Crippen molar-refractivity contribution in [1.82, 2.24) is 19.3 Å². The molecule has 0 amide bonds. The summed E-state index contributed by atoms with van der Waals surface area (Å²) >= 11 is 0. The van der Waals surface area contributed by atoms with E-state index in [0.717, 1.165) is 22.3 Å². The second-order valence-corrected chi connectivity index (χ2v) is 5.62. The smallest absolute Gasteiger partial charge is 0.123 e. The van der Waals surface area contributed by atoms with Crippen LogP contribution in [-0.4, -0.2) is 25.5 Å². The van der Waals surface area contributed by atoms with Crippen LogP contribution >= 0.6 is 0 Å². The lowest BCUT2D eigenvalue weighted by Crippen LogP contribution is -2.13. The Balaban J connectivity index is 1.80. The topological polar surface area (TPSA) is 35.6 Å². The number of alkyl halides is 1. The van der Waals surface area contributed by atoms with Crippen molar-refractivity contribution in [1.29, 1.82) is 0 Å². The van der Waals surface area contributed by atoms with Crippen LogP contribution in [0, 0.1) is 12.3 Å². The molecule has 3 aromatic rings. The van der Waals surface area contributed by atoms with Crippen LogP contribution in [0.1, 0.15) is 23.9 Å². The molecule has 110 valence electrons. The van der Waals surface area contributed by atoms with Gasteiger partial charge in [-0.25, -0.2) is 9.37 Å². The number of terminal acetylenes is 1. The number of aromatic nitrogens is 4. The van der Waals surface area contributed by atoms with Gasteiger partial charge in [-0.05, 0) is 6.07 Å². The molecule has 2 unspecified atom stereocenters. The van der Waals surface area contributed by atoms with Gasteiger partial charge >= 0.3 is 0 Å². The zero-order valence-electron chi connectivity index (χ0n) is 12.0. The minimum absolute atomic E-state index is 0.154. The Labute approximate surface area is 127 Å². The molecular weight excluding hydrogens is 279 g/mol. The summed E-state index contributed by atoms with van der Waals surface area (Å²) in [6.45, 7) is 0.381. The third-order valence-corrected chi connectivity index (χ3v) is 4.17. The molecule has 22 heavy (non-hydrogen) atoms. The van der Waals surface area contributed by atoms with Gasteiger partial charge in [0.2, 0.25) is 0 Å². The van der Waals surface area contributed by atoms with Gasteiger partial charge in [-0.15, -0.1) is 12.3 Å². The molecule has 0 N–H and O–H groups in total. The predicted octanol–water partition coefficient (Wildman–Crippen LogP) is 2.74. The monoisotopic (exact) mass is 294 g/mol. The highest BCUT2D eigenvalue weighted by molar-refractivity contribution is 5.77. The van der Waals surface area contributed by atoms with Crippen LogP contribution < -0.4 is 0 Å². The molecule has 4 nitrogen and oxygen atoms in total. The summed E-state index contributed by atoms with van der Waals surface area (Å²) in [5, 5.41) is 5.67. The van der Waals surface area contributed by atoms with E-state index < -0.39 is 6.17 Å². The van der Waals surface area contributed by atoms with Crippen molar-refractivity contribution in [3.63, 3.8) is 0 Å². The summed E-state index contributed by atoms with van der Waals surface area (Å²) in [5.74, 6) is 2.70. The van der Waals surface area contributed by atoms with E-state index in [1.807, 2.05) is 39.7 Å². The summed E-state index contributed by atoms with van der Waals surface area (Å²) < 4.78 is 17.4. The van der Waals surface area contributed by atoms with E-state index in [9.17, 15) is 4.39 Å². The molecule has 2 aromatic heterocycles. The van der Waals surface area contributed by atoms with Crippen LogP contribution in [0.2, 0.25) is 0 Å². The molecule has 1 aliphatic rings. The predicted molar refractivity (Wildman–Crippen MR) is 82.1 cm³/mol.